The van der Waals surface area contributed by atoms with E-state index in [2.05, 4.69) is 6.92 Å². The van der Waals surface area contributed by atoms with E-state index in [1.165, 1.54) is 11.3 Å². The molecule has 1 aliphatic heterocycles. The second-order valence-electron chi connectivity index (χ2n) is 5.21. The van der Waals surface area contributed by atoms with Crippen LogP contribution >= 0.6 is 11.3 Å². The second-order valence-corrected chi connectivity index (χ2v) is 8.49. The quantitative estimate of drug-likeness (QED) is 0.926. The van der Waals surface area contributed by atoms with Crippen LogP contribution in [0.3, 0.4) is 0 Å². The minimum Gasteiger partial charge on any atom is -0.329 e. The van der Waals surface area contributed by atoms with Gasteiger partial charge in [-0.1, -0.05) is 13.8 Å². The van der Waals surface area contributed by atoms with E-state index in [1.807, 2.05) is 13.0 Å². The predicted molar refractivity (Wildman–Crippen MR) is 78.8 cm³/mol. The maximum Gasteiger partial charge on any atom is 0.252 e. The minimum absolute atomic E-state index is 0.0547. The molecule has 1 fully saturated rings. The first-order valence-corrected chi connectivity index (χ1v) is 9.05. The summed E-state index contributed by atoms with van der Waals surface area (Å²) in [5.41, 5.74) is 5.76. The summed E-state index contributed by atoms with van der Waals surface area (Å²) in [4.78, 5) is 1.10. The van der Waals surface area contributed by atoms with Gasteiger partial charge in [-0.3, -0.25) is 0 Å². The van der Waals surface area contributed by atoms with Crippen LogP contribution in [-0.2, 0) is 16.4 Å². The number of rotatable bonds is 4. The van der Waals surface area contributed by atoms with Crippen LogP contribution in [0.4, 0.5) is 0 Å². The van der Waals surface area contributed by atoms with Crippen LogP contribution in [0, 0.1) is 5.92 Å². The normalized spacial score (nSPS) is 25.6. The Kier molecular flexibility index (Phi) is 4.66. The molecule has 0 saturated carbocycles. The Hall–Kier alpha value is -0.430. The summed E-state index contributed by atoms with van der Waals surface area (Å²) in [5.74, 6) is 0.550. The molecule has 1 aromatic rings. The van der Waals surface area contributed by atoms with Gasteiger partial charge in [-0.05, 0) is 37.3 Å². The molecule has 2 heterocycles. The molecule has 2 atom stereocenters. The second kappa shape index (κ2) is 5.91. The van der Waals surface area contributed by atoms with Crippen molar-refractivity contribution in [1.82, 2.24) is 4.31 Å². The first-order chi connectivity index (χ1) is 8.98. The largest absolute Gasteiger partial charge is 0.329 e. The molecule has 1 aromatic heterocycles. The van der Waals surface area contributed by atoms with E-state index < -0.39 is 10.0 Å². The number of aryl methyl sites for hydroxylation is 1. The van der Waals surface area contributed by atoms with Gasteiger partial charge in [0.1, 0.15) is 4.21 Å². The summed E-state index contributed by atoms with van der Waals surface area (Å²) < 4.78 is 27.4. The van der Waals surface area contributed by atoms with E-state index in [9.17, 15) is 8.42 Å². The summed E-state index contributed by atoms with van der Waals surface area (Å²) in [7, 11) is -3.36. The summed E-state index contributed by atoms with van der Waals surface area (Å²) in [6, 6.07) is 3.58. The minimum atomic E-state index is -3.36. The van der Waals surface area contributed by atoms with Crippen LogP contribution in [0.5, 0.6) is 0 Å². The summed E-state index contributed by atoms with van der Waals surface area (Å²) in [5, 5.41) is 0. The number of nitrogens with two attached hydrogens (primary N) is 1. The van der Waals surface area contributed by atoms with E-state index in [0.29, 0.717) is 23.2 Å². The van der Waals surface area contributed by atoms with Gasteiger partial charge in [0.25, 0.3) is 10.0 Å². The lowest BCUT2D eigenvalue weighted by molar-refractivity contribution is 0.211. The standard InChI is InChI=1S/C13H22N2O2S2/c1-3-12-4-5-13(18-12)19(16,17)15-7-6-10(2)8-11(15)9-14/h4-5,10-11H,3,6-9,14H2,1-2H3. The highest BCUT2D eigenvalue weighted by Crippen LogP contribution is 2.31. The highest BCUT2D eigenvalue weighted by Gasteiger charge is 2.35. The average molecular weight is 302 g/mol. The molecule has 1 aliphatic rings. The van der Waals surface area contributed by atoms with Crippen LogP contribution in [0.25, 0.3) is 0 Å². The summed E-state index contributed by atoms with van der Waals surface area (Å²) >= 11 is 1.38. The smallest absolute Gasteiger partial charge is 0.252 e. The zero-order chi connectivity index (χ0) is 14.0. The molecule has 0 bridgehead atoms. The van der Waals surface area contributed by atoms with Crippen LogP contribution in [0.2, 0.25) is 0 Å². The van der Waals surface area contributed by atoms with Crippen LogP contribution in [0.1, 0.15) is 31.6 Å². The Labute approximate surface area is 119 Å². The van der Waals surface area contributed by atoms with E-state index in [-0.39, 0.29) is 6.04 Å². The number of hydrogen-bond acceptors (Lipinski definition) is 4. The molecule has 6 heteroatoms. The molecular formula is C13H22N2O2S2. The molecule has 1 saturated heterocycles. The van der Waals surface area contributed by atoms with E-state index in [1.54, 1.807) is 10.4 Å². The first kappa shape index (κ1) is 15.0. The topological polar surface area (TPSA) is 63.4 Å². The highest BCUT2D eigenvalue weighted by molar-refractivity contribution is 7.91. The lowest BCUT2D eigenvalue weighted by Gasteiger charge is -2.36. The molecule has 0 amide bonds. The molecule has 0 radical (unpaired) electrons. The van der Waals surface area contributed by atoms with Gasteiger partial charge >= 0.3 is 0 Å². The molecule has 19 heavy (non-hydrogen) atoms. The van der Waals surface area contributed by atoms with Gasteiger partial charge < -0.3 is 5.73 Å². The monoisotopic (exact) mass is 302 g/mol. The number of hydrogen-bond donors (Lipinski definition) is 1. The number of sulfonamides is 1. The zero-order valence-electron chi connectivity index (χ0n) is 11.5. The van der Waals surface area contributed by atoms with Crippen LogP contribution in [0.15, 0.2) is 16.3 Å². The summed E-state index contributed by atoms with van der Waals surface area (Å²) in [6.45, 7) is 5.18. The van der Waals surface area contributed by atoms with Crippen molar-refractivity contribution in [3.63, 3.8) is 0 Å². The van der Waals surface area contributed by atoms with Gasteiger partial charge in [0.15, 0.2) is 0 Å². The van der Waals surface area contributed by atoms with Gasteiger partial charge in [0, 0.05) is 24.0 Å². The third-order valence-electron chi connectivity index (χ3n) is 3.74. The first-order valence-electron chi connectivity index (χ1n) is 6.79. The van der Waals surface area contributed by atoms with Crippen molar-refractivity contribution in [2.75, 3.05) is 13.1 Å². The molecule has 108 valence electrons. The van der Waals surface area contributed by atoms with Crippen molar-refractivity contribution in [2.24, 2.45) is 11.7 Å². The maximum atomic E-state index is 12.7. The van der Waals surface area contributed by atoms with Crippen molar-refractivity contribution in [3.05, 3.63) is 17.0 Å². The molecule has 2 rings (SSSR count). The van der Waals surface area contributed by atoms with Gasteiger partial charge in [-0.25, -0.2) is 8.42 Å². The fourth-order valence-electron chi connectivity index (χ4n) is 2.56. The Morgan fingerprint density at radius 2 is 2.21 bits per heavy atom. The summed E-state index contributed by atoms with van der Waals surface area (Å²) in [6.07, 6.45) is 2.65. The van der Waals surface area contributed by atoms with Crippen molar-refractivity contribution in [1.29, 1.82) is 0 Å². The molecule has 0 aliphatic carbocycles. The van der Waals surface area contributed by atoms with Crippen molar-refractivity contribution < 1.29 is 8.42 Å². The van der Waals surface area contributed by atoms with Crippen molar-refractivity contribution in [3.8, 4) is 0 Å². The van der Waals surface area contributed by atoms with Gasteiger partial charge in [-0.15, -0.1) is 11.3 Å². The third kappa shape index (κ3) is 3.02. The fraction of sp³-hybridized carbons (Fsp3) is 0.692. The van der Waals surface area contributed by atoms with Crippen LogP contribution in [-0.4, -0.2) is 31.9 Å². The average Bonchev–Trinajstić information content (AvgIpc) is 2.87. The van der Waals surface area contributed by atoms with Gasteiger partial charge in [0.2, 0.25) is 0 Å². The predicted octanol–water partition coefficient (Wildman–Crippen LogP) is 2.06. The molecule has 0 spiro atoms. The Bertz CT molecular complexity index is 525. The molecule has 4 nitrogen and oxygen atoms in total. The molecule has 2 N–H and O–H groups in total. The zero-order valence-corrected chi connectivity index (χ0v) is 13.1. The number of nitrogens with zero attached hydrogens (tertiary/aromatic N) is 1. The lowest BCUT2D eigenvalue weighted by Crippen LogP contribution is -2.48. The SMILES string of the molecule is CCc1ccc(S(=O)(=O)N2CCC(C)CC2CN)s1. The fourth-order valence-corrected chi connectivity index (χ4v) is 5.65. The molecule has 0 aromatic carbocycles. The van der Waals surface area contributed by atoms with Crippen molar-refractivity contribution >= 4 is 21.4 Å². The van der Waals surface area contributed by atoms with E-state index in [0.717, 1.165) is 24.1 Å². The van der Waals surface area contributed by atoms with E-state index >= 15 is 0 Å². The Morgan fingerprint density at radius 3 is 2.79 bits per heavy atom. The number of thiophene rings is 1. The third-order valence-corrected chi connectivity index (χ3v) is 7.39. The lowest BCUT2D eigenvalue weighted by atomic mass is 9.94. The number of piperidine rings is 1. The molecule has 2 unspecified atom stereocenters. The van der Waals surface area contributed by atoms with Gasteiger partial charge in [0.05, 0.1) is 0 Å². The van der Waals surface area contributed by atoms with Gasteiger partial charge in [-0.2, -0.15) is 4.31 Å². The van der Waals surface area contributed by atoms with Crippen LogP contribution < -0.4 is 5.73 Å². The van der Waals surface area contributed by atoms with Crippen molar-refractivity contribution in [2.45, 2.75) is 43.4 Å². The maximum absolute atomic E-state index is 12.7. The Morgan fingerprint density at radius 1 is 1.47 bits per heavy atom. The Balaban J connectivity index is 2.27. The molecular weight excluding hydrogens is 280 g/mol. The highest BCUT2D eigenvalue weighted by atomic mass is 32.2. The van der Waals surface area contributed by atoms with E-state index in [4.69, 9.17) is 5.73 Å².